The number of aromatic nitrogens is 2. The smallest absolute Gasteiger partial charge is 0.0542 e. The Hall–Kier alpha value is -6.58. The molecule has 0 unspecified atom stereocenters. The summed E-state index contributed by atoms with van der Waals surface area (Å²) in [6, 6.07) is 66.5. The average molecular weight is 682 g/mol. The number of fused-ring (bicyclic) bond motifs is 7. The van der Waals surface area contributed by atoms with E-state index in [0.717, 1.165) is 22.7 Å². The van der Waals surface area contributed by atoms with Crippen molar-refractivity contribution in [3.63, 3.8) is 0 Å². The summed E-state index contributed by atoms with van der Waals surface area (Å²) >= 11 is 0. The molecule has 53 heavy (non-hydrogen) atoms. The van der Waals surface area contributed by atoms with Gasteiger partial charge in [-0.1, -0.05) is 118 Å². The molecule has 0 bridgehead atoms. The average Bonchev–Trinajstić information content (AvgIpc) is 3.70. The first kappa shape index (κ1) is 31.2. The molecule has 3 heteroatoms. The predicted octanol–water partition coefficient (Wildman–Crippen LogP) is 13.8. The van der Waals surface area contributed by atoms with E-state index in [2.05, 4.69) is 217 Å². The van der Waals surface area contributed by atoms with Crippen molar-refractivity contribution in [1.29, 1.82) is 0 Å². The van der Waals surface area contributed by atoms with Crippen LogP contribution in [0, 0.1) is 0 Å². The molecule has 0 aliphatic heterocycles. The monoisotopic (exact) mass is 681 g/mol. The second-order valence-electron chi connectivity index (χ2n) is 15.1. The Labute approximate surface area is 309 Å². The zero-order valence-corrected chi connectivity index (χ0v) is 30.2. The molecule has 0 aliphatic carbocycles. The number of benzene rings is 8. The van der Waals surface area contributed by atoms with Crippen LogP contribution < -0.4 is 4.90 Å². The minimum atomic E-state index is 0.0179. The first-order valence-corrected chi connectivity index (χ1v) is 18.4. The topological polar surface area (TPSA) is 13.1 Å². The van der Waals surface area contributed by atoms with Gasteiger partial charge in [-0.05, 0) is 101 Å². The van der Waals surface area contributed by atoms with Crippen LogP contribution in [-0.4, -0.2) is 9.13 Å². The Morgan fingerprint density at radius 1 is 0.377 bits per heavy atom. The summed E-state index contributed by atoms with van der Waals surface area (Å²) in [5, 5.41) is 7.44. The van der Waals surface area contributed by atoms with Crippen LogP contribution in [0.2, 0.25) is 0 Å². The van der Waals surface area contributed by atoms with Crippen LogP contribution in [0.25, 0.3) is 65.8 Å². The third-order valence-electron chi connectivity index (χ3n) is 10.8. The van der Waals surface area contributed by atoms with Crippen molar-refractivity contribution in [1.82, 2.24) is 9.13 Å². The number of nitrogens with zero attached hydrogens (tertiary/aromatic N) is 3. The number of para-hydroxylation sites is 3. The molecule has 8 aromatic carbocycles. The summed E-state index contributed by atoms with van der Waals surface area (Å²) in [6.07, 6.45) is 0. The largest absolute Gasteiger partial charge is 0.310 e. The molecule has 0 saturated carbocycles. The highest BCUT2D eigenvalue weighted by Crippen LogP contribution is 2.43. The highest BCUT2D eigenvalue weighted by Gasteiger charge is 2.22. The summed E-state index contributed by atoms with van der Waals surface area (Å²) in [6.45, 7) is 6.89. The summed E-state index contributed by atoms with van der Waals surface area (Å²) in [5.41, 5.74) is 11.9. The number of rotatable bonds is 5. The van der Waals surface area contributed by atoms with E-state index in [0.29, 0.717) is 0 Å². The Morgan fingerprint density at radius 2 is 0.906 bits per heavy atom. The standard InChI is InChI=1S/C50H39N3/c1-50(2,3)35-25-28-48-42(31-35)44-33-39(27-30-49(44)53(48)45-24-14-16-34-15-10-11-21-40(34)45)51(36-17-6-4-7-18-36)38-26-29-47-43(32-38)41-22-12-13-23-46(41)52(47)37-19-8-5-9-20-37/h4-33H,1-3H3. The first-order chi connectivity index (χ1) is 25.9. The molecule has 0 radical (unpaired) electrons. The van der Waals surface area contributed by atoms with E-state index in [4.69, 9.17) is 0 Å². The first-order valence-electron chi connectivity index (χ1n) is 18.4. The van der Waals surface area contributed by atoms with Gasteiger partial charge >= 0.3 is 0 Å². The van der Waals surface area contributed by atoms with Gasteiger partial charge in [-0.15, -0.1) is 0 Å². The number of hydrogen-bond donors (Lipinski definition) is 0. The highest BCUT2D eigenvalue weighted by atomic mass is 15.1. The Bertz CT molecular complexity index is 2970. The van der Waals surface area contributed by atoms with E-state index in [1.165, 1.54) is 65.6 Å². The van der Waals surface area contributed by atoms with Crippen LogP contribution in [0.3, 0.4) is 0 Å². The van der Waals surface area contributed by atoms with Gasteiger partial charge < -0.3 is 14.0 Å². The van der Waals surface area contributed by atoms with Gasteiger partial charge in [0.1, 0.15) is 0 Å². The lowest BCUT2D eigenvalue weighted by molar-refractivity contribution is 0.591. The van der Waals surface area contributed by atoms with Gasteiger partial charge in [-0.25, -0.2) is 0 Å². The van der Waals surface area contributed by atoms with Gasteiger partial charge in [-0.2, -0.15) is 0 Å². The molecule has 2 aromatic heterocycles. The van der Waals surface area contributed by atoms with Crippen molar-refractivity contribution < 1.29 is 0 Å². The SMILES string of the molecule is CC(C)(C)c1ccc2c(c1)c1cc(N(c3ccccc3)c3ccc4c(c3)c3ccccc3n4-c3ccccc3)ccc1n2-c1cccc2ccccc12. The molecule has 0 spiro atoms. The maximum Gasteiger partial charge on any atom is 0.0542 e. The zero-order valence-electron chi connectivity index (χ0n) is 30.2. The van der Waals surface area contributed by atoms with Gasteiger partial charge in [0.15, 0.2) is 0 Å². The fourth-order valence-electron chi connectivity index (χ4n) is 8.26. The van der Waals surface area contributed by atoms with Gasteiger partial charge in [0, 0.05) is 49.7 Å². The quantitative estimate of drug-likeness (QED) is 0.176. The van der Waals surface area contributed by atoms with Crippen LogP contribution in [-0.2, 0) is 5.41 Å². The molecule has 0 amide bonds. The Morgan fingerprint density at radius 3 is 1.62 bits per heavy atom. The fourth-order valence-corrected chi connectivity index (χ4v) is 8.26. The van der Waals surface area contributed by atoms with E-state index in [-0.39, 0.29) is 5.41 Å². The van der Waals surface area contributed by atoms with Crippen LogP contribution >= 0.6 is 0 Å². The molecule has 0 saturated heterocycles. The Balaban J connectivity index is 1.23. The van der Waals surface area contributed by atoms with Crippen LogP contribution in [0.4, 0.5) is 17.1 Å². The van der Waals surface area contributed by atoms with Crippen LogP contribution in [0.15, 0.2) is 182 Å². The van der Waals surface area contributed by atoms with E-state index in [9.17, 15) is 0 Å². The van der Waals surface area contributed by atoms with E-state index < -0.39 is 0 Å². The van der Waals surface area contributed by atoms with Crippen molar-refractivity contribution in [2.24, 2.45) is 0 Å². The number of hydrogen-bond acceptors (Lipinski definition) is 1. The van der Waals surface area contributed by atoms with Gasteiger partial charge in [-0.3, -0.25) is 0 Å². The number of anilines is 3. The highest BCUT2D eigenvalue weighted by molar-refractivity contribution is 6.13. The summed E-state index contributed by atoms with van der Waals surface area (Å²) in [7, 11) is 0. The minimum Gasteiger partial charge on any atom is -0.310 e. The molecule has 0 aliphatic rings. The van der Waals surface area contributed by atoms with Gasteiger partial charge in [0.05, 0.1) is 27.8 Å². The van der Waals surface area contributed by atoms with Crippen LogP contribution in [0.5, 0.6) is 0 Å². The van der Waals surface area contributed by atoms with Crippen molar-refractivity contribution in [3.05, 3.63) is 188 Å². The summed E-state index contributed by atoms with van der Waals surface area (Å²) < 4.78 is 4.84. The molecule has 3 nitrogen and oxygen atoms in total. The van der Waals surface area contributed by atoms with Crippen molar-refractivity contribution >= 4 is 71.4 Å². The molecular weight excluding hydrogens is 643 g/mol. The lowest BCUT2D eigenvalue weighted by atomic mass is 9.86. The Kier molecular flexibility index (Phi) is 7.06. The molecule has 254 valence electrons. The summed E-state index contributed by atoms with van der Waals surface area (Å²) in [5.74, 6) is 0. The second kappa shape index (κ2) is 12.0. The predicted molar refractivity (Wildman–Crippen MR) is 226 cm³/mol. The molecule has 2 heterocycles. The van der Waals surface area contributed by atoms with Crippen LogP contribution in [0.1, 0.15) is 26.3 Å². The third kappa shape index (κ3) is 5.03. The molecule has 10 rings (SSSR count). The minimum absolute atomic E-state index is 0.0179. The lowest BCUT2D eigenvalue weighted by Crippen LogP contribution is -2.10. The van der Waals surface area contributed by atoms with Gasteiger partial charge in [0.2, 0.25) is 0 Å². The van der Waals surface area contributed by atoms with Gasteiger partial charge in [0.25, 0.3) is 0 Å². The molecule has 0 atom stereocenters. The van der Waals surface area contributed by atoms with Crippen molar-refractivity contribution in [2.75, 3.05) is 4.90 Å². The normalized spacial score (nSPS) is 12.1. The van der Waals surface area contributed by atoms with E-state index >= 15 is 0 Å². The third-order valence-corrected chi connectivity index (χ3v) is 10.8. The maximum absolute atomic E-state index is 2.46. The lowest BCUT2D eigenvalue weighted by Gasteiger charge is -2.26. The molecule has 0 N–H and O–H groups in total. The second-order valence-corrected chi connectivity index (χ2v) is 15.1. The zero-order chi connectivity index (χ0) is 35.7. The molecular formula is C50H39N3. The van der Waals surface area contributed by atoms with Crippen molar-refractivity contribution in [2.45, 2.75) is 26.2 Å². The van der Waals surface area contributed by atoms with Crippen molar-refractivity contribution in [3.8, 4) is 11.4 Å². The maximum atomic E-state index is 2.46. The van der Waals surface area contributed by atoms with E-state index in [1.807, 2.05) is 0 Å². The fraction of sp³-hybridized carbons (Fsp3) is 0.0800. The molecule has 10 aromatic rings. The molecule has 0 fully saturated rings. The van der Waals surface area contributed by atoms with E-state index in [1.54, 1.807) is 0 Å². The summed E-state index contributed by atoms with van der Waals surface area (Å²) in [4.78, 5) is 2.40.